The summed E-state index contributed by atoms with van der Waals surface area (Å²) in [5.41, 5.74) is 7.58. The van der Waals surface area contributed by atoms with Gasteiger partial charge in [0.15, 0.2) is 11.6 Å². The molecule has 2 amide bonds. The zero-order valence-electron chi connectivity index (χ0n) is 30.1. The van der Waals surface area contributed by atoms with Crippen molar-refractivity contribution in [2.45, 2.75) is 51.6 Å². The minimum Gasteiger partial charge on any atom is -0.481 e. The molecule has 0 aromatic carbocycles. The summed E-state index contributed by atoms with van der Waals surface area (Å²) in [4.78, 5) is 68.7. The molecule has 54 heavy (non-hydrogen) atoms. The van der Waals surface area contributed by atoms with E-state index in [1.165, 1.54) is 19.8 Å². The van der Waals surface area contributed by atoms with Crippen LogP contribution in [0.2, 0.25) is 0 Å². The summed E-state index contributed by atoms with van der Waals surface area (Å²) >= 11 is 0. The van der Waals surface area contributed by atoms with E-state index < -0.39 is 10.8 Å². The van der Waals surface area contributed by atoms with Crippen molar-refractivity contribution in [2.75, 3.05) is 30.6 Å². The smallest absolute Gasteiger partial charge is 0.257 e. The topological polar surface area (TPSA) is 261 Å². The second-order valence-electron chi connectivity index (χ2n) is 13.4. The van der Waals surface area contributed by atoms with E-state index in [1.807, 2.05) is 0 Å². The Bertz CT molecular complexity index is 2460. The number of ether oxygens (including phenoxy) is 2. The van der Waals surface area contributed by atoms with Crippen molar-refractivity contribution >= 4 is 29.3 Å². The van der Waals surface area contributed by atoms with Gasteiger partial charge < -0.3 is 30.8 Å². The SMILES string of the molecule is COc1cc(-c2nc(N)c3c(n2)NC(=O)C3(C)C)nn1Cc1cncnc1.COc1cc(-c2nc3c(c(=O)[nH]2)C(C)(C)C(=O)N3)nn1Cc1cncnc1. The number of hydrogen-bond donors (Lipinski definition) is 4. The average Bonchev–Trinajstić information content (AvgIpc) is 3.86. The Morgan fingerprint density at radius 2 is 1.17 bits per heavy atom. The van der Waals surface area contributed by atoms with Crippen LogP contribution in [0.15, 0.2) is 54.4 Å². The first-order valence-corrected chi connectivity index (χ1v) is 16.5. The summed E-state index contributed by atoms with van der Waals surface area (Å²) in [5.74, 6) is 2.07. The third kappa shape index (κ3) is 6.33. The minimum atomic E-state index is -0.932. The first-order valence-electron chi connectivity index (χ1n) is 16.5. The van der Waals surface area contributed by atoms with Crippen LogP contribution in [0.4, 0.5) is 17.5 Å². The Hall–Kier alpha value is -7.12. The van der Waals surface area contributed by atoms with Gasteiger partial charge in [0, 0.05) is 48.0 Å². The highest BCUT2D eigenvalue weighted by atomic mass is 16.5. The van der Waals surface area contributed by atoms with E-state index in [4.69, 9.17) is 15.2 Å². The molecule has 0 fully saturated rings. The first kappa shape index (κ1) is 35.3. The summed E-state index contributed by atoms with van der Waals surface area (Å²) in [6.07, 6.45) is 9.68. The molecule has 0 aliphatic carbocycles. The number of carbonyl (C=O) groups excluding carboxylic acids is 2. The van der Waals surface area contributed by atoms with Gasteiger partial charge in [0.05, 0.1) is 49.3 Å². The van der Waals surface area contributed by atoms with Crippen molar-refractivity contribution in [3.8, 4) is 34.8 Å². The number of hydrogen-bond acceptors (Lipinski definition) is 15. The van der Waals surface area contributed by atoms with Crippen LogP contribution in [-0.4, -0.2) is 85.5 Å². The second kappa shape index (κ2) is 13.5. The van der Waals surface area contributed by atoms with Crippen LogP contribution < -0.4 is 31.4 Å². The maximum atomic E-state index is 12.5. The Morgan fingerprint density at radius 3 is 1.70 bits per heavy atom. The molecule has 8 rings (SSSR count). The number of nitrogens with one attached hydrogen (secondary N) is 3. The quantitative estimate of drug-likeness (QED) is 0.174. The standard InChI is InChI=1S/C17H18N8O2.C17H17N7O3/c1-17(2)12-13(18)21-14(22-15(12)23-16(17)26)10-4-11(27-3)25(24-10)7-9-5-19-8-20-6-9;1-17(2)12-14(22-16(17)26)20-13(21-15(12)25)10-4-11(27-3)24(23-10)7-9-5-18-8-19-6-9/h4-6,8H,7H2,1-3H3,(H3,18,21,22,23,26);4-6,8H,7H2,1-3H3,(H2,20,21,22,25,26). The third-order valence-corrected chi connectivity index (χ3v) is 8.97. The number of nitrogens with two attached hydrogens (primary N) is 1. The van der Waals surface area contributed by atoms with Crippen LogP contribution in [0.25, 0.3) is 23.0 Å². The fraction of sp³-hybridized carbons (Fsp3) is 0.294. The van der Waals surface area contributed by atoms with E-state index >= 15 is 0 Å². The molecule has 0 unspecified atom stereocenters. The van der Waals surface area contributed by atoms with E-state index in [1.54, 1.807) is 81.1 Å². The van der Waals surface area contributed by atoms with E-state index in [0.29, 0.717) is 59.0 Å². The third-order valence-electron chi connectivity index (χ3n) is 8.97. The molecule has 0 spiro atoms. The number of carbonyl (C=O) groups is 2. The van der Waals surface area contributed by atoms with Gasteiger partial charge in [-0.05, 0) is 27.7 Å². The zero-order valence-corrected chi connectivity index (χ0v) is 30.1. The molecule has 0 atom stereocenters. The van der Waals surface area contributed by atoms with Crippen molar-refractivity contribution in [3.05, 3.63) is 82.2 Å². The average molecular weight is 734 g/mol. The van der Waals surface area contributed by atoms with E-state index in [2.05, 4.69) is 60.7 Å². The van der Waals surface area contributed by atoms with Crippen LogP contribution in [0.3, 0.4) is 0 Å². The molecule has 0 radical (unpaired) electrons. The van der Waals surface area contributed by atoms with Gasteiger partial charge in [0.25, 0.3) is 5.56 Å². The molecule has 20 heteroatoms. The predicted molar refractivity (Wildman–Crippen MR) is 192 cm³/mol. The molecular weight excluding hydrogens is 698 g/mol. The monoisotopic (exact) mass is 733 g/mol. The van der Waals surface area contributed by atoms with Crippen molar-refractivity contribution in [1.82, 2.24) is 59.4 Å². The first-order chi connectivity index (χ1) is 25.8. The number of rotatable bonds is 8. The highest BCUT2D eigenvalue weighted by Crippen LogP contribution is 2.40. The summed E-state index contributed by atoms with van der Waals surface area (Å²) in [7, 11) is 3.08. The maximum Gasteiger partial charge on any atom is 0.257 e. The van der Waals surface area contributed by atoms with Crippen LogP contribution in [-0.2, 0) is 33.5 Å². The Morgan fingerprint density at radius 1 is 0.685 bits per heavy atom. The van der Waals surface area contributed by atoms with E-state index in [-0.39, 0.29) is 34.8 Å². The molecule has 2 aliphatic rings. The van der Waals surface area contributed by atoms with Crippen molar-refractivity contribution in [1.29, 1.82) is 0 Å². The zero-order chi connectivity index (χ0) is 38.4. The number of fused-ring (bicyclic) bond motifs is 2. The molecular formula is C34H35N15O5. The fourth-order valence-corrected chi connectivity index (χ4v) is 6.07. The van der Waals surface area contributed by atoms with Gasteiger partial charge in [-0.1, -0.05) is 0 Å². The number of H-pyrrole nitrogens is 1. The normalized spacial score (nSPS) is 14.7. The Balaban J connectivity index is 0.000000167. The molecule has 2 aliphatic heterocycles. The maximum absolute atomic E-state index is 12.5. The highest BCUT2D eigenvalue weighted by molar-refractivity contribution is 6.06. The Kier molecular flexibility index (Phi) is 8.79. The molecule has 8 heterocycles. The number of amides is 2. The highest BCUT2D eigenvalue weighted by Gasteiger charge is 2.43. The van der Waals surface area contributed by atoms with Crippen molar-refractivity contribution < 1.29 is 19.1 Å². The molecule has 0 saturated carbocycles. The van der Waals surface area contributed by atoms with Gasteiger partial charge in [0.1, 0.15) is 41.5 Å². The van der Waals surface area contributed by atoms with Crippen LogP contribution in [0.5, 0.6) is 11.8 Å². The van der Waals surface area contributed by atoms with Crippen LogP contribution in [0, 0.1) is 0 Å². The van der Waals surface area contributed by atoms with Gasteiger partial charge in [-0.25, -0.2) is 44.3 Å². The number of methoxy groups -OCH3 is 2. The molecule has 20 nitrogen and oxygen atoms in total. The number of aromatic nitrogens is 12. The molecule has 6 aromatic heterocycles. The lowest BCUT2D eigenvalue weighted by Gasteiger charge is -2.15. The van der Waals surface area contributed by atoms with Gasteiger partial charge >= 0.3 is 0 Å². The molecule has 0 saturated heterocycles. The van der Waals surface area contributed by atoms with Crippen molar-refractivity contribution in [3.63, 3.8) is 0 Å². The van der Waals surface area contributed by atoms with Gasteiger partial charge in [-0.15, -0.1) is 0 Å². The largest absolute Gasteiger partial charge is 0.481 e. The minimum absolute atomic E-state index is 0.164. The molecule has 0 bridgehead atoms. The van der Waals surface area contributed by atoms with E-state index in [9.17, 15) is 14.4 Å². The van der Waals surface area contributed by atoms with Crippen LogP contribution in [0.1, 0.15) is 49.9 Å². The number of aromatic amines is 1. The fourth-order valence-electron chi connectivity index (χ4n) is 6.07. The summed E-state index contributed by atoms with van der Waals surface area (Å²) in [5, 5.41) is 14.4. The lowest BCUT2D eigenvalue weighted by atomic mass is 9.87. The molecule has 5 N–H and O–H groups in total. The number of nitrogen functional groups attached to an aromatic ring is 1. The lowest BCUT2D eigenvalue weighted by molar-refractivity contribution is -0.120. The van der Waals surface area contributed by atoms with Gasteiger partial charge in [0.2, 0.25) is 23.6 Å². The summed E-state index contributed by atoms with van der Waals surface area (Å²) in [6.45, 7) is 7.76. The Labute approximate surface area is 306 Å². The van der Waals surface area contributed by atoms with Crippen molar-refractivity contribution in [2.24, 2.45) is 0 Å². The van der Waals surface area contributed by atoms with Crippen LogP contribution >= 0.6 is 0 Å². The molecule has 276 valence electrons. The second-order valence-corrected chi connectivity index (χ2v) is 13.4. The summed E-state index contributed by atoms with van der Waals surface area (Å²) < 4.78 is 14.0. The summed E-state index contributed by atoms with van der Waals surface area (Å²) in [6, 6.07) is 3.38. The van der Waals surface area contributed by atoms with E-state index in [0.717, 1.165) is 11.1 Å². The number of nitrogens with zero attached hydrogens (tertiary/aromatic N) is 11. The number of anilines is 3. The van der Waals surface area contributed by atoms with Gasteiger partial charge in [-0.3, -0.25) is 14.4 Å². The lowest BCUT2D eigenvalue weighted by Crippen LogP contribution is -2.31. The predicted octanol–water partition coefficient (Wildman–Crippen LogP) is 1.71. The molecule has 6 aromatic rings. The van der Waals surface area contributed by atoms with Gasteiger partial charge in [-0.2, -0.15) is 10.2 Å².